The Kier molecular flexibility index (Phi) is 3.75. The van der Waals surface area contributed by atoms with Crippen molar-refractivity contribution in [2.75, 3.05) is 5.73 Å². The minimum Gasteiger partial charge on any atom is -0.478 e. The molecule has 1 aliphatic carbocycles. The molecule has 1 aliphatic rings. The number of carboxylic acid groups (broad SMARTS) is 1. The summed E-state index contributed by atoms with van der Waals surface area (Å²) in [5, 5.41) is 8.85. The molecular weight excluding hydrogens is 280 g/mol. The average Bonchev–Trinajstić information content (AvgIpc) is 2.33. The molecule has 20 heavy (non-hydrogen) atoms. The van der Waals surface area contributed by atoms with Crippen molar-refractivity contribution in [2.45, 2.75) is 43.0 Å². The predicted octanol–water partition coefficient (Wildman–Crippen LogP) is 1.58. The molecule has 110 valence electrons. The number of anilines is 1. The summed E-state index contributed by atoms with van der Waals surface area (Å²) in [4.78, 5) is 10.8. The molecule has 0 atom stereocenters. The lowest BCUT2D eigenvalue weighted by Crippen LogP contribution is -2.52. The van der Waals surface area contributed by atoms with E-state index in [0.29, 0.717) is 0 Å². The van der Waals surface area contributed by atoms with Crippen molar-refractivity contribution in [1.29, 1.82) is 0 Å². The van der Waals surface area contributed by atoms with Crippen LogP contribution in [0.4, 0.5) is 5.69 Å². The molecule has 1 saturated carbocycles. The molecule has 0 bridgehead atoms. The van der Waals surface area contributed by atoms with Crippen LogP contribution < -0.4 is 10.5 Å². The summed E-state index contributed by atoms with van der Waals surface area (Å²) in [5.41, 5.74) is 5.22. The summed E-state index contributed by atoms with van der Waals surface area (Å²) >= 11 is 0. The zero-order valence-electron chi connectivity index (χ0n) is 11.2. The van der Waals surface area contributed by atoms with Crippen LogP contribution >= 0.6 is 0 Å². The predicted molar refractivity (Wildman–Crippen MR) is 75.0 cm³/mol. The van der Waals surface area contributed by atoms with E-state index in [4.69, 9.17) is 10.8 Å². The minimum atomic E-state index is -3.73. The molecule has 0 amide bonds. The van der Waals surface area contributed by atoms with Crippen LogP contribution in [-0.2, 0) is 10.0 Å². The number of nitrogen functional groups attached to an aromatic ring is 1. The van der Waals surface area contributed by atoms with Crippen molar-refractivity contribution >= 4 is 21.7 Å². The normalized spacial score (nSPS) is 17.4. The first-order valence-corrected chi connectivity index (χ1v) is 7.95. The van der Waals surface area contributed by atoms with E-state index < -0.39 is 16.0 Å². The Morgan fingerprint density at radius 3 is 2.50 bits per heavy atom. The summed E-state index contributed by atoms with van der Waals surface area (Å²) in [6.45, 7) is 1.94. The van der Waals surface area contributed by atoms with Crippen molar-refractivity contribution in [3.8, 4) is 0 Å². The van der Waals surface area contributed by atoms with Gasteiger partial charge < -0.3 is 10.8 Å². The molecule has 0 heterocycles. The van der Waals surface area contributed by atoms with Crippen LogP contribution in [0.25, 0.3) is 0 Å². The van der Waals surface area contributed by atoms with Crippen LogP contribution in [0.2, 0.25) is 0 Å². The number of hydrogen-bond donors (Lipinski definition) is 3. The van der Waals surface area contributed by atoms with Gasteiger partial charge in [-0.15, -0.1) is 0 Å². The van der Waals surface area contributed by atoms with Crippen molar-refractivity contribution in [1.82, 2.24) is 4.72 Å². The number of aromatic carboxylic acids is 1. The third-order valence-electron chi connectivity index (χ3n) is 3.88. The lowest BCUT2D eigenvalue weighted by molar-refractivity contribution is 0.0697. The Hall–Kier alpha value is -1.60. The Labute approximate surface area is 118 Å². The number of carboxylic acids is 1. The zero-order chi connectivity index (χ0) is 15.0. The number of hydrogen-bond acceptors (Lipinski definition) is 4. The number of benzene rings is 1. The standard InChI is InChI=1S/C13H18N2O4S/c1-2-13(6-3-7-13)15-20(18,19)11-5-4-9(12(16)17)8-10(11)14/h4-5,8,15H,2-3,6-7,14H2,1H3,(H,16,17). The van der Waals surface area contributed by atoms with E-state index in [9.17, 15) is 13.2 Å². The highest BCUT2D eigenvalue weighted by Crippen LogP contribution is 2.36. The molecule has 4 N–H and O–H groups in total. The quantitative estimate of drug-likeness (QED) is 0.715. The molecule has 0 saturated heterocycles. The molecule has 0 radical (unpaired) electrons. The van der Waals surface area contributed by atoms with Gasteiger partial charge in [-0.25, -0.2) is 17.9 Å². The summed E-state index contributed by atoms with van der Waals surface area (Å²) < 4.78 is 27.4. The molecule has 7 heteroatoms. The summed E-state index contributed by atoms with van der Waals surface area (Å²) in [6.07, 6.45) is 3.36. The van der Waals surface area contributed by atoms with Gasteiger partial charge in [-0.1, -0.05) is 6.92 Å². The second kappa shape index (κ2) is 5.06. The molecule has 0 unspecified atom stereocenters. The monoisotopic (exact) mass is 298 g/mol. The molecule has 0 aliphatic heterocycles. The fourth-order valence-corrected chi connectivity index (χ4v) is 4.04. The van der Waals surface area contributed by atoms with Gasteiger partial charge in [-0.05, 0) is 43.9 Å². The van der Waals surface area contributed by atoms with Gasteiger partial charge >= 0.3 is 5.97 Å². The zero-order valence-corrected chi connectivity index (χ0v) is 12.0. The molecule has 1 fully saturated rings. The molecule has 1 aromatic rings. The molecule has 0 spiro atoms. The van der Waals surface area contributed by atoms with Gasteiger partial charge in [0, 0.05) is 5.54 Å². The van der Waals surface area contributed by atoms with Gasteiger partial charge in [0.05, 0.1) is 11.3 Å². The largest absolute Gasteiger partial charge is 0.478 e. The molecule has 6 nitrogen and oxygen atoms in total. The third-order valence-corrected chi connectivity index (χ3v) is 5.54. The highest BCUT2D eigenvalue weighted by Gasteiger charge is 2.39. The highest BCUT2D eigenvalue weighted by molar-refractivity contribution is 7.89. The maximum absolute atomic E-state index is 12.4. The van der Waals surface area contributed by atoms with E-state index in [1.54, 1.807) is 0 Å². The summed E-state index contributed by atoms with van der Waals surface area (Å²) in [6, 6.07) is 3.64. The number of sulfonamides is 1. The van der Waals surface area contributed by atoms with Crippen LogP contribution in [0.3, 0.4) is 0 Å². The lowest BCUT2D eigenvalue weighted by atomic mass is 9.76. The summed E-state index contributed by atoms with van der Waals surface area (Å²) in [7, 11) is -3.73. The van der Waals surface area contributed by atoms with E-state index in [-0.39, 0.29) is 21.7 Å². The van der Waals surface area contributed by atoms with Crippen molar-refractivity contribution in [2.24, 2.45) is 0 Å². The van der Waals surface area contributed by atoms with Gasteiger partial charge in [0.1, 0.15) is 4.90 Å². The SMILES string of the molecule is CCC1(NS(=O)(=O)c2ccc(C(=O)O)cc2N)CCC1. The Morgan fingerprint density at radius 2 is 2.10 bits per heavy atom. The van der Waals surface area contributed by atoms with Gasteiger partial charge in [0.25, 0.3) is 0 Å². The maximum atomic E-state index is 12.4. The van der Waals surface area contributed by atoms with Gasteiger partial charge in [-0.3, -0.25) is 0 Å². The minimum absolute atomic E-state index is 0.0321. The van der Waals surface area contributed by atoms with Crippen molar-refractivity contribution < 1.29 is 18.3 Å². The Bertz CT molecular complexity index is 630. The van der Waals surface area contributed by atoms with E-state index in [2.05, 4.69) is 4.72 Å². The topological polar surface area (TPSA) is 109 Å². The van der Waals surface area contributed by atoms with E-state index in [0.717, 1.165) is 31.7 Å². The molecule has 1 aromatic carbocycles. The average molecular weight is 298 g/mol. The van der Waals surface area contributed by atoms with Gasteiger partial charge in [-0.2, -0.15) is 0 Å². The van der Waals surface area contributed by atoms with E-state index in [1.165, 1.54) is 12.1 Å². The third kappa shape index (κ3) is 2.64. The Morgan fingerprint density at radius 1 is 1.45 bits per heavy atom. The van der Waals surface area contributed by atoms with Crippen LogP contribution in [0.1, 0.15) is 43.0 Å². The number of carbonyl (C=O) groups is 1. The van der Waals surface area contributed by atoms with Gasteiger partial charge in [0.15, 0.2) is 0 Å². The second-order valence-corrected chi connectivity index (χ2v) is 6.80. The first-order chi connectivity index (χ1) is 9.30. The molecule has 0 aromatic heterocycles. The first kappa shape index (κ1) is 14.8. The second-order valence-electron chi connectivity index (χ2n) is 5.15. The highest BCUT2D eigenvalue weighted by atomic mass is 32.2. The number of rotatable bonds is 5. The first-order valence-electron chi connectivity index (χ1n) is 6.46. The van der Waals surface area contributed by atoms with Crippen molar-refractivity contribution in [3.05, 3.63) is 23.8 Å². The maximum Gasteiger partial charge on any atom is 0.335 e. The van der Waals surface area contributed by atoms with E-state index >= 15 is 0 Å². The summed E-state index contributed by atoms with van der Waals surface area (Å²) in [5.74, 6) is -1.14. The van der Waals surface area contributed by atoms with Crippen LogP contribution in [-0.4, -0.2) is 25.0 Å². The van der Waals surface area contributed by atoms with Crippen LogP contribution in [0.15, 0.2) is 23.1 Å². The lowest BCUT2D eigenvalue weighted by Gasteiger charge is -2.41. The number of nitrogens with one attached hydrogen (secondary N) is 1. The van der Waals surface area contributed by atoms with E-state index in [1.807, 2.05) is 6.92 Å². The van der Waals surface area contributed by atoms with Crippen LogP contribution in [0, 0.1) is 0 Å². The smallest absolute Gasteiger partial charge is 0.335 e. The number of nitrogens with two attached hydrogens (primary N) is 1. The molecule has 2 rings (SSSR count). The fraction of sp³-hybridized carbons (Fsp3) is 0.462. The van der Waals surface area contributed by atoms with Crippen LogP contribution in [0.5, 0.6) is 0 Å². The van der Waals surface area contributed by atoms with Gasteiger partial charge in [0.2, 0.25) is 10.0 Å². The Balaban J connectivity index is 2.32. The van der Waals surface area contributed by atoms with Crippen molar-refractivity contribution in [3.63, 3.8) is 0 Å². The fourth-order valence-electron chi connectivity index (χ4n) is 2.40. The molecular formula is C13H18N2O4S.